The van der Waals surface area contributed by atoms with Gasteiger partial charge in [-0.15, -0.1) is 0 Å². The van der Waals surface area contributed by atoms with Crippen LogP contribution in [0.5, 0.6) is 5.75 Å². The SMILES string of the molecule is CC(=O)Oc1c2c3c(c(Br)ccc3n(C)c1=O)C(=O)c1ccccc1-2. The van der Waals surface area contributed by atoms with Crippen molar-refractivity contribution in [2.45, 2.75) is 6.92 Å². The van der Waals surface area contributed by atoms with Gasteiger partial charge in [-0.25, -0.2) is 0 Å². The Bertz CT molecular complexity index is 1160. The Kier molecular flexibility index (Phi) is 3.40. The number of fused-ring (bicyclic) bond motifs is 2. The monoisotopic (exact) mass is 397 g/mol. The third-order valence-electron chi connectivity index (χ3n) is 4.38. The smallest absolute Gasteiger partial charge is 0.308 e. The van der Waals surface area contributed by atoms with Crippen molar-refractivity contribution in [3.8, 4) is 16.9 Å². The van der Waals surface area contributed by atoms with Gasteiger partial charge in [0.1, 0.15) is 0 Å². The van der Waals surface area contributed by atoms with Crippen LogP contribution in [-0.4, -0.2) is 16.3 Å². The van der Waals surface area contributed by atoms with Gasteiger partial charge in [-0.3, -0.25) is 14.4 Å². The van der Waals surface area contributed by atoms with Gasteiger partial charge in [0.15, 0.2) is 5.78 Å². The van der Waals surface area contributed by atoms with Crippen molar-refractivity contribution in [2.75, 3.05) is 0 Å². The quantitative estimate of drug-likeness (QED) is 0.461. The number of pyridine rings is 1. The Hall–Kier alpha value is -2.73. The Morgan fingerprint density at radius 2 is 1.72 bits per heavy atom. The molecule has 0 spiro atoms. The predicted molar refractivity (Wildman–Crippen MR) is 97.1 cm³/mol. The molecule has 0 bridgehead atoms. The van der Waals surface area contributed by atoms with E-state index in [1.807, 2.05) is 0 Å². The van der Waals surface area contributed by atoms with Crippen LogP contribution in [0, 0.1) is 0 Å². The third-order valence-corrected chi connectivity index (χ3v) is 5.04. The second kappa shape index (κ2) is 5.39. The fourth-order valence-corrected chi connectivity index (χ4v) is 3.84. The fourth-order valence-electron chi connectivity index (χ4n) is 3.33. The molecule has 25 heavy (non-hydrogen) atoms. The first-order valence-corrected chi connectivity index (χ1v) is 8.39. The number of benzene rings is 2. The van der Waals surface area contributed by atoms with Gasteiger partial charge in [0.25, 0.3) is 5.56 Å². The lowest BCUT2D eigenvalue weighted by Crippen LogP contribution is -2.25. The normalized spacial score (nSPS) is 12.2. The lowest BCUT2D eigenvalue weighted by molar-refractivity contribution is -0.131. The molecule has 0 amide bonds. The molecule has 0 N–H and O–H groups in total. The summed E-state index contributed by atoms with van der Waals surface area (Å²) in [7, 11) is 1.59. The molecule has 124 valence electrons. The highest BCUT2D eigenvalue weighted by Gasteiger charge is 2.32. The number of hydrogen-bond acceptors (Lipinski definition) is 4. The molecule has 5 nitrogen and oxygen atoms in total. The first kappa shape index (κ1) is 15.8. The molecule has 1 heterocycles. The van der Waals surface area contributed by atoms with Crippen molar-refractivity contribution in [3.05, 3.63) is 62.4 Å². The predicted octanol–water partition coefficient (Wildman–Crippen LogP) is 3.44. The zero-order chi connectivity index (χ0) is 17.9. The molecule has 6 heteroatoms. The summed E-state index contributed by atoms with van der Waals surface area (Å²) in [6.45, 7) is 1.25. The lowest BCUT2D eigenvalue weighted by Gasteiger charge is -2.23. The molecule has 1 aromatic heterocycles. The van der Waals surface area contributed by atoms with Crippen molar-refractivity contribution in [3.63, 3.8) is 0 Å². The first-order valence-electron chi connectivity index (χ1n) is 7.59. The largest absolute Gasteiger partial charge is 0.420 e. The molecule has 0 unspecified atom stereocenters. The van der Waals surface area contributed by atoms with Crippen LogP contribution in [0.4, 0.5) is 0 Å². The lowest BCUT2D eigenvalue weighted by atomic mass is 9.83. The maximum atomic E-state index is 13.0. The molecular weight excluding hydrogens is 386 g/mol. The van der Waals surface area contributed by atoms with Gasteiger partial charge in [-0.2, -0.15) is 0 Å². The van der Waals surface area contributed by atoms with Gasteiger partial charge >= 0.3 is 5.97 Å². The summed E-state index contributed by atoms with van der Waals surface area (Å²) >= 11 is 3.44. The standard InChI is InChI=1S/C19H12BrNO4/c1-9(22)25-18-14-10-5-3-4-6-11(10)17(23)15-12(20)7-8-13(16(14)15)21(2)19(18)24/h3-8H,1-2H3. The van der Waals surface area contributed by atoms with Gasteiger partial charge in [0, 0.05) is 40.5 Å². The Labute approximate surface area is 151 Å². The molecule has 0 aliphatic heterocycles. The number of ketones is 1. The Morgan fingerprint density at radius 1 is 1.04 bits per heavy atom. The van der Waals surface area contributed by atoms with Crippen molar-refractivity contribution < 1.29 is 14.3 Å². The van der Waals surface area contributed by atoms with E-state index in [0.717, 1.165) is 0 Å². The molecule has 4 rings (SSSR count). The Morgan fingerprint density at radius 3 is 2.40 bits per heavy atom. The number of aryl methyl sites for hydroxylation is 1. The molecule has 3 aromatic rings. The van der Waals surface area contributed by atoms with Crippen LogP contribution < -0.4 is 10.3 Å². The van der Waals surface area contributed by atoms with E-state index >= 15 is 0 Å². The minimum absolute atomic E-state index is 0.0539. The number of rotatable bonds is 1. The summed E-state index contributed by atoms with van der Waals surface area (Å²) in [6, 6.07) is 10.5. The van der Waals surface area contributed by atoms with E-state index in [1.54, 1.807) is 43.4 Å². The van der Waals surface area contributed by atoms with Crippen LogP contribution in [0.15, 0.2) is 45.7 Å². The summed E-state index contributed by atoms with van der Waals surface area (Å²) in [5.41, 5.74) is 2.21. The summed E-state index contributed by atoms with van der Waals surface area (Å²) in [5, 5.41) is 0.608. The van der Waals surface area contributed by atoms with Crippen LogP contribution in [0.1, 0.15) is 22.8 Å². The first-order chi connectivity index (χ1) is 11.9. The van der Waals surface area contributed by atoms with Gasteiger partial charge in [0.05, 0.1) is 5.52 Å². The van der Waals surface area contributed by atoms with E-state index in [4.69, 9.17) is 4.74 Å². The molecule has 0 saturated heterocycles. The second-order valence-electron chi connectivity index (χ2n) is 5.85. The summed E-state index contributed by atoms with van der Waals surface area (Å²) < 4.78 is 7.31. The van der Waals surface area contributed by atoms with Gasteiger partial charge in [0.2, 0.25) is 5.75 Å². The number of esters is 1. The van der Waals surface area contributed by atoms with Crippen molar-refractivity contribution in [1.82, 2.24) is 4.57 Å². The zero-order valence-electron chi connectivity index (χ0n) is 13.4. The molecule has 0 fully saturated rings. The van der Waals surface area contributed by atoms with Crippen molar-refractivity contribution in [1.29, 1.82) is 0 Å². The van der Waals surface area contributed by atoms with Gasteiger partial charge < -0.3 is 9.30 Å². The third kappa shape index (κ3) is 2.10. The molecule has 2 aromatic carbocycles. The minimum Gasteiger partial charge on any atom is -0.420 e. The molecule has 1 aliphatic carbocycles. The highest BCUT2D eigenvalue weighted by molar-refractivity contribution is 9.10. The van der Waals surface area contributed by atoms with Crippen LogP contribution in [-0.2, 0) is 11.8 Å². The van der Waals surface area contributed by atoms with Crippen molar-refractivity contribution >= 4 is 38.6 Å². The average Bonchev–Trinajstić information content (AvgIpc) is 2.58. The number of hydrogen-bond donors (Lipinski definition) is 0. The van der Waals surface area contributed by atoms with Crippen LogP contribution in [0.2, 0.25) is 0 Å². The molecular formula is C19H12BrNO4. The van der Waals surface area contributed by atoms with E-state index in [0.29, 0.717) is 37.6 Å². The Balaban J connectivity index is 2.33. The summed E-state index contributed by atoms with van der Waals surface area (Å²) in [6.07, 6.45) is 0. The second-order valence-corrected chi connectivity index (χ2v) is 6.71. The van der Waals surface area contributed by atoms with Gasteiger partial charge in [-0.05, 0) is 17.7 Å². The number of halogens is 1. The number of nitrogens with zero attached hydrogens (tertiary/aromatic N) is 1. The van der Waals surface area contributed by atoms with Gasteiger partial charge in [-0.1, -0.05) is 40.2 Å². The fraction of sp³-hybridized carbons (Fsp3) is 0.105. The molecule has 1 aliphatic rings. The van der Waals surface area contributed by atoms with Crippen molar-refractivity contribution in [2.24, 2.45) is 7.05 Å². The highest BCUT2D eigenvalue weighted by atomic mass is 79.9. The zero-order valence-corrected chi connectivity index (χ0v) is 15.0. The van der Waals surface area contributed by atoms with E-state index in [9.17, 15) is 14.4 Å². The average molecular weight is 398 g/mol. The maximum Gasteiger partial charge on any atom is 0.308 e. The van der Waals surface area contributed by atoms with E-state index in [2.05, 4.69) is 15.9 Å². The maximum absolute atomic E-state index is 13.0. The van der Waals surface area contributed by atoms with E-state index < -0.39 is 11.5 Å². The molecule has 0 saturated carbocycles. The highest BCUT2D eigenvalue weighted by Crippen LogP contribution is 2.44. The minimum atomic E-state index is -0.585. The molecule has 0 radical (unpaired) electrons. The van der Waals surface area contributed by atoms with Crippen LogP contribution >= 0.6 is 15.9 Å². The topological polar surface area (TPSA) is 65.4 Å². The van der Waals surface area contributed by atoms with E-state index in [-0.39, 0.29) is 11.5 Å². The summed E-state index contributed by atoms with van der Waals surface area (Å²) in [4.78, 5) is 37.4. The van der Waals surface area contributed by atoms with E-state index in [1.165, 1.54) is 11.5 Å². The van der Waals surface area contributed by atoms with Crippen LogP contribution in [0.25, 0.3) is 22.0 Å². The van der Waals surface area contributed by atoms with Crippen LogP contribution in [0.3, 0.4) is 0 Å². The molecule has 0 atom stereocenters. The number of carbonyl (C=O) groups excluding carboxylic acids is 2. The summed E-state index contributed by atoms with van der Waals surface area (Å²) in [5.74, 6) is -0.770. The number of carbonyl (C=O) groups is 2. The number of aromatic nitrogens is 1. The number of ether oxygens (including phenoxy) is 1.